The molecule has 0 aromatic carbocycles. The summed E-state index contributed by atoms with van der Waals surface area (Å²) in [7, 11) is -0.855. The Balaban J connectivity index is 3.86. The van der Waals surface area contributed by atoms with Crippen LogP contribution < -0.4 is 5.32 Å². The molecule has 2 unspecified atom stereocenters. The maximum Gasteiger partial charge on any atom is 0.151 e. The van der Waals surface area contributed by atoms with Crippen LogP contribution in [0.2, 0.25) is 0 Å². The van der Waals surface area contributed by atoms with Crippen LogP contribution in [0.25, 0.3) is 0 Å². The highest BCUT2D eigenvalue weighted by molar-refractivity contribution is 7.91. The van der Waals surface area contributed by atoms with Crippen molar-refractivity contribution >= 4 is 9.84 Å². The van der Waals surface area contributed by atoms with Crippen LogP contribution in [0.1, 0.15) is 20.8 Å². The topological polar surface area (TPSA) is 49.4 Å². The molecule has 0 rings (SSSR count). The van der Waals surface area contributed by atoms with Crippen LogP contribution in [0.15, 0.2) is 0 Å². The van der Waals surface area contributed by atoms with Crippen molar-refractivity contribution < 1.29 is 8.42 Å². The lowest BCUT2D eigenvalue weighted by Crippen LogP contribution is -2.41. The molecule has 0 saturated heterocycles. The molecule has 0 fully saturated rings. The fourth-order valence-corrected chi connectivity index (χ4v) is 1.58. The molecule has 2 atom stereocenters. The first kappa shape index (κ1) is 14.9. The molecule has 0 aliphatic carbocycles. The third-order valence-electron chi connectivity index (χ3n) is 2.61. The zero-order valence-electron chi connectivity index (χ0n) is 10.4. The van der Waals surface area contributed by atoms with Crippen molar-refractivity contribution in [2.45, 2.75) is 32.1 Å². The smallest absolute Gasteiger partial charge is 0.151 e. The van der Waals surface area contributed by atoms with Gasteiger partial charge in [-0.05, 0) is 27.4 Å². The molecule has 0 saturated carbocycles. The van der Waals surface area contributed by atoms with Gasteiger partial charge in [0.05, 0.1) is 5.25 Å². The summed E-state index contributed by atoms with van der Waals surface area (Å²) in [5.74, 6) is 0. The third-order valence-corrected chi connectivity index (χ3v) is 4.24. The van der Waals surface area contributed by atoms with Crippen molar-refractivity contribution in [2.24, 2.45) is 0 Å². The van der Waals surface area contributed by atoms with E-state index in [0.717, 1.165) is 13.1 Å². The molecule has 1 N–H and O–H groups in total. The lowest BCUT2D eigenvalue weighted by Gasteiger charge is -2.22. The molecule has 0 aliphatic heterocycles. The Morgan fingerprint density at radius 2 is 1.87 bits per heavy atom. The molecular formula is C10H24N2O2S. The van der Waals surface area contributed by atoms with Gasteiger partial charge in [0.25, 0.3) is 0 Å². The summed E-state index contributed by atoms with van der Waals surface area (Å²) in [6, 6.07) is 0.319. The highest BCUT2D eigenvalue weighted by Crippen LogP contribution is 1.97. The van der Waals surface area contributed by atoms with Gasteiger partial charge in [-0.2, -0.15) is 0 Å². The molecule has 0 heterocycles. The van der Waals surface area contributed by atoms with E-state index in [-0.39, 0.29) is 5.25 Å². The average Bonchev–Trinajstić information content (AvgIpc) is 2.12. The minimum atomic E-state index is -2.91. The number of hydrogen-bond acceptors (Lipinski definition) is 4. The van der Waals surface area contributed by atoms with Crippen molar-refractivity contribution in [3.63, 3.8) is 0 Å². The van der Waals surface area contributed by atoms with Crippen LogP contribution in [-0.2, 0) is 9.84 Å². The molecule has 0 amide bonds. The fourth-order valence-electron chi connectivity index (χ4n) is 1.18. The summed E-state index contributed by atoms with van der Waals surface area (Å²) in [6.07, 6.45) is 1.28. The predicted molar refractivity (Wildman–Crippen MR) is 64.9 cm³/mol. The molecule has 0 aromatic heterocycles. The zero-order chi connectivity index (χ0) is 12.1. The molecule has 4 nitrogen and oxygen atoms in total. The van der Waals surface area contributed by atoms with Gasteiger partial charge in [-0.15, -0.1) is 0 Å². The molecule has 0 aromatic rings. The molecule has 0 spiro atoms. The predicted octanol–water partition coefficient (Wildman–Crippen LogP) is 0.349. The quantitative estimate of drug-likeness (QED) is 0.693. The van der Waals surface area contributed by atoms with Crippen molar-refractivity contribution in [3.8, 4) is 0 Å². The van der Waals surface area contributed by atoms with Gasteiger partial charge in [-0.25, -0.2) is 8.42 Å². The van der Waals surface area contributed by atoms with Gasteiger partial charge < -0.3 is 10.2 Å². The number of rotatable bonds is 7. The number of nitrogens with one attached hydrogen (secondary N) is 1. The fraction of sp³-hybridized carbons (Fsp3) is 1.00. The van der Waals surface area contributed by atoms with E-state index in [1.54, 1.807) is 6.92 Å². The standard InChI is InChI=1S/C10H24N2O2S/c1-6-12(4)8-9(2)11-7-10(3)15(5,13)14/h9-11H,6-8H2,1-5H3. The average molecular weight is 236 g/mol. The Kier molecular flexibility index (Phi) is 6.40. The minimum absolute atomic E-state index is 0.313. The lowest BCUT2D eigenvalue weighted by molar-refractivity contribution is 0.310. The molecule has 92 valence electrons. The second-order valence-corrected chi connectivity index (χ2v) is 6.77. The van der Waals surface area contributed by atoms with Crippen LogP contribution in [0.5, 0.6) is 0 Å². The van der Waals surface area contributed by atoms with Crippen molar-refractivity contribution in [1.82, 2.24) is 10.2 Å². The number of likely N-dealkylation sites (N-methyl/N-ethyl adjacent to an activating group) is 1. The summed E-state index contributed by atoms with van der Waals surface area (Å²) in [6.45, 7) is 8.38. The van der Waals surface area contributed by atoms with Crippen molar-refractivity contribution in [3.05, 3.63) is 0 Å². The number of sulfone groups is 1. The van der Waals surface area contributed by atoms with Crippen molar-refractivity contribution in [1.29, 1.82) is 0 Å². The summed E-state index contributed by atoms with van der Waals surface area (Å²) in [4.78, 5) is 2.20. The van der Waals surface area contributed by atoms with Crippen LogP contribution in [0, 0.1) is 0 Å². The Bertz CT molecular complexity index is 265. The van der Waals surface area contributed by atoms with E-state index in [4.69, 9.17) is 0 Å². The summed E-state index contributed by atoms with van der Waals surface area (Å²) >= 11 is 0. The Labute approximate surface area is 94.0 Å². The maximum atomic E-state index is 11.2. The lowest BCUT2D eigenvalue weighted by atomic mass is 10.3. The maximum absolute atomic E-state index is 11.2. The van der Waals surface area contributed by atoms with Gasteiger partial charge in [0.1, 0.15) is 0 Å². The highest BCUT2D eigenvalue weighted by atomic mass is 32.2. The van der Waals surface area contributed by atoms with Gasteiger partial charge in [-0.3, -0.25) is 0 Å². The normalized spacial score (nSPS) is 16.7. The van der Waals surface area contributed by atoms with Crippen LogP contribution in [0.4, 0.5) is 0 Å². The van der Waals surface area contributed by atoms with Gasteiger partial charge in [0.2, 0.25) is 0 Å². The van der Waals surface area contributed by atoms with E-state index < -0.39 is 9.84 Å². The van der Waals surface area contributed by atoms with E-state index in [2.05, 4.69) is 31.1 Å². The van der Waals surface area contributed by atoms with Crippen molar-refractivity contribution in [2.75, 3.05) is 32.9 Å². The van der Waals surface area contributed by atoms with E-state index in [9.17, 15) is 8.42 Å². The van der Waals surface area contributed by atoms with Gasteiger partial charge in [-0.1, -0.05) is 6.92 Å². The van der Waals surface area contributed by atoms with E-state index in [1.165, 1.54) is 6.26 Å². The summed E-state index contributed by atoms with van der Waals surface area (Å²) < 4.78 is 22.3. The zero-order valence-corrected chi connectivity index (χ0v) is 11.3. The third kappa shape index (κ3) is 6.87. The molecule has 15 heavy (non-hydrogen) atoms. The Hall–Kier alpha value is -0.130. The first-order valence-corrected chi connectivity index (χ1v) is 7.33. The first-order valence-electron chi connectivity index (χ1n) is 5.38. The Morgan fingerprint density at radius 3 is 2.27 bits per heavy atom. The van der Waals surface area contributed by atoms with Crippen LogP contribution >= 0.6 is 0 Å². The van der Waals surface area contributed by atoms with Gasteiger partial charge in [0.15, 0.2) is 9.84 Å². The van der Waals surface area contributed by atoms with Gasteiger partial charge in [0, 0.05) is 25.4 Å². The SMILES string of the molecule is CCN(C)CC(C)NCC(C)S(C)(=O)=O. The molecule has 0 bridgehead atoms. The Morgan fingerprint density at radius 1 is 1.33 bits per heavy atom. The first-order chi connectivity index (χ1) is 6.77. The van der Waals surface area contributed by atoms with Gasteiger partial charge >= 0.3 is 0 Å². The molecule has 0 radical (unpaired) electrons. The van der Waals surface area contributed by atoms with E-state index in [1.807, 2.05) is 0 Å². The highest BCUT2D eigenvalue weighted by Gasteiger charge is 2.15. The second-order valence-electron chi connectivity index (χ2n) is 4.30. The molecule has 0 aliphatic rings. The summed E-state index contributed by atoms with van der Waals surface area (Å²) in [5, 5.41) is 2.92. The molecular weight excluding hydrogens is 212 g/mol. The number of hydrogen-bond donors (Lipinski definition) is 1. The van der Waals surface area contributed by atoms with E-state index >= 15 is 0 Å². The monoisotopic (exact) mass is 236 g/mol. The second kappa shape index (κ2) is 6.45. The van der Waals surface area contributed by atoms with Crippen LogP contribution in [-0.4, -0.2) is 57.5 Å². The minimum Gasteiger partial charge on any atom is -0.312 e. The molecule has 5 heteroatoms. The largest absolute Gasteiger partial charge is 0.312 e. The summed E-state index contributed by atoms with van der Waals surface area (Å²) in [5.41, 5.74) is 0. The van der Waals surface area contributed by atoms with E-state index in [0.29, 0.717) is 12.6 Å². The number of nitrogens with zero attached hydrogens (tertiary/aromatic N) is 1. The van der Waals surface area contributed by atoms with Crippen LogP contribution in [0.3, 0.4) is 0 Å².